The summed E-state index contributed by atoms with van der Waals surface area (Å²) in [4.78, 5) is 10.6. The van der Waals surface area contributed by atoms with E-state index in [1.807, 2.05) is 0 Å². The lowest BCUT2D eigenvalue weighted by atomic mass is 10.2. The molecule has 3 heteroatoms. The predicted octanol–water partition coefficient (Wildman–Crippen LogP) is 0.250. The summed E-state index contributed by atoms with van der Waals surface area (Å²) >= 11 is 0. The van der Waals surface area contributed by atoms with Crippen molar-refractivity contribution in [2.24, 2.45) is 11.7 Å². The van der Waals surface area contributed by atoms with Crippen LogP contribution in [-0.4, -0.2) is 18.5 Å². The maximum absolute atomic E-state index is 10.6. The summed E-state index contributed by atoms with van der Waals surface area (Å²) in [5.41, 5.74) is 5.07. The van der Waals surface area contributed by atoms with E-state index in [1.54, 1.807) is 6.92 Å². The molecule has 1 aliphatic carbocycles. The average Bonchev–Trinajstić information content (AvgIpc) is 2.71. The van der Waals surface area contributed by atoms with Gasteiger partial charge in [-0.05, 0) is 25.8 Å². The zero-order valence-corrected chi connectivity index (χ0v) is 6.97. The third kappa shape index (κ3) is 3.37. The van der Waals surface area contributed by atoms with Crippen LogP contribution < -0.4 is 11.1 Å². The third-order valence-corrected chi connectivity index (χ3v) is 2.13. The van der Waals surface area contributed by atoms with Crippen LogP contribution in [-0.2, 0) is 4.79 Å². The molecular weight excluding hydrogens is 140 g/mol. The normalized spacial score (nSPS) is 19.7. The Morgan fingerprint density at radius 3 is 2.82 bits per heavy atom. The monoisotopic (exact) mass is 156 g/mol. The van der Waals surface area contributed by atoms with E-state index >= 15 is 0 Å². The number of primary amides is 1. The van der Waals surface area contributed by atoms with E-state index in [2.05, 4.69) is 5.32 Å². The molecule has 0 aromatic carbocycles. The van der Waals surface area contributed by atoms with Gasteiger partial charge in [0, 0.05) is 0 Å². The van der Waals surface area contributed by atoms with Crippen molar-refractivity contribution in [1.29, 1.82) is 0 Å². The van der Waals surface area contributed by atoms with Gasteiger partial charge in [-0.3, -0.25) is 4.79 Å². The molecule has 1 atom stereocenters. The Labute approximate surface area is 67.3 Å². The predicted molar refractivity (Wildman–Crippen MR) is 44.0 cm³/mol. The van der Waals surface area contributed by atoms with Crippen molar-refractivity contribution in [3.05, 3.63) is 0 Å². The molecule has 0 spiro atoms. The van der Waals surface area contributed by atoms with Gasteiger partial charge in [-0.25, -0.2) is 0 Å². The van der Waals surface area contributed by atoms with Gasteiger partial charge in [-0.1, -0.05) is 12.8 Å². The summed E-state index contributed by atoms with van der Waals surface area (Å²) in [6.45, 7) is 2.73. The summed E-state index contributed by atoms with van der Waals surface area (Å²) in [7, 11) is 0. The molecule has 0 aromatic heterocycles. The maximum Gasteiger partial charge on any atom is 0.234 e. The Morgan fingerprint density at radius 1 is 1.73 bits per heavy atom. The van der Waals surface area contributed by atoms with Gasteiger partial charge in [-0.15, -0.1) is 0 Å². The fourth-order valence-corrected chi connectivity index (χ4v) is 1.01. The fraction of sp³-hybridized carbons (Fsp3) is 0.875. The summed E-state index contributed by atoms with van der Waals surface area (Å²) in [5, 5.41) is 3.08. The molecule has 1 unspecified atom stereocenters. The van der Waals surface area contributed by atoms with Crippen LogP contribution >= 0.6 is 0 Å². The van der Waals surface area contributed by atoms with Gasteiger partial charge >= 0.3 is 0 Å². The Morgan fingerprint density at radius 2 is 2.36 bits per heavy atom. The standard InChI is InChI=1S/C8H16N2O/c1-6(8(9)11)10-5-4-7-2-3-7/h6-7,10H,2-5H2,1H3,(H2,9,11). The first-order valence-corrected chi connectivity index (χ1v) is 4.23. The first-order valence-electron chi connectivity index (χ1n) is 4.23. The molecule has 1 fully saturated rings. The molecule has 11 heavy (non-hydrogen) atoms. The van der Waals surface area contributed by atoms with E-state index in [-0.39, 0.29) is 11.9 Å². The molecule has 0 heterocycles. The smallest absolute Gasteiger partial charge is 0.234 e. The second kappa shape index (κ2) is 3.72. The average molecular weight is 156 g/mol. The number of nitrogens with one attached hydrogen (secondary N) is 1. The van der Waals surface area contributed by atoms with Crippen LogP contribution in [0, 0.1) is 5.92 Å². The summed E-state index contributed by atoms with van der Waals surface area (Å²) < 4.78 is 0. The van der Waals surface area contributed by atoms with Crippen molar-refractivity contribution in [2.45, 2.75) is 32.2 Å². The first kappa shape index (κ1) is 8.53. The lowest BCUT2D eigenvalue weighted by molar-refractivity contribution is -0.119. The largest absolute Gasteiger partial charge is 0.368 e. The number of hydrogen-bond acceptors (Lipinski definition) is 2. The highest BCUT2D eigenvalue weighted by Crippen LogP contribution is 2.31. The van der Waals surface area contributed by atoms with E-state index in [9.17, 15) is 4.79 Å². The van der Waals surface area contributed by atoms with Crippen molar-refractivity contribution in [3.8, 4) is 0 Å². The Hall–Kier alpha value is -0.570. The highest BCUT2D eigenvalue weighted by Gasteiger charge is 2.20. The number of carbonyl (C=O) groups is 1. The molecule has 0 aliphatic heterocycles. The van der Waals surface area contributed by atoms with E-state index in [0.29, 0.717) is 0 Å². The molecule has 0 bridgehead atoms. The summed E-state index contributed by atoms with van der Waals surface area (Å²) in [6.07, 6.45) is 3.93. The number of amides is 1. The molecule has 3 N–H and O–H groups in total. The zero-order chi connectivity index (χ0) is 8.27. The molecule has 0 aromatic rings. The molecule has 0 radical (unpaired) electrons. The van der Waals surface area contributed by atoms with Gasteiger partial charge in [0.2, 0.25) is 5.91 Å². The van der Waals surface area contributed by atoms with Gasteiger partial charge < -0.3 is 11.1 Å². The highest BCUT2D eigenvalue weighted by atomic mass is 16.1. The van der Waals surface area contributed by atoms with E-state index in [0.717, 1.165) is 12.5 Å². The second-order valence-electron chi connectivity index (χ2n) is 3.31. The SMILES string of the molecule is CC(NCCC1CC1)C(N)=O. The lowest BCUT2D eigenvalue weighted by Crippen LogP contribution is -2.39. The van der Waals surface area contributed by atoms with Gasteiger partial charge in [-0.2, -0.15) is 0 Å². The van der Waals surface area contributed by atoms with Gasteiger partial charge in [0.25, 0.3) is 0 Å². The number of hydrogen-bond donors (Lipinski definition) is 2. The maximum atomic E-state index is 10.6. The molecule has 1 aliphatic rings. The van der Waals surface area contributed by atoms with E-state index < -0.39 is 0 Å². The topological polar surface area (TPSA) is 55.1 Å². The Balaban J connectivity index is 1.96. The van der Waals surface area contributed by atoms with Crippen LogP contribution in [0.2, 0.25) is 0 Å². The van der Waals surface area contributed by atoms with Gasteiger partial charge in [0.05, 0.1) is 6.04 Å². The Kier molecular flexibility index (Phi) is 2.88. The second-order valence-corrected chi connectivity index (χ2v) is 3.31. The summed E-state index contributed by atoms with van der Waals surface area (Å²) in [5.74, 6) is 0.656. The van der Waals surface area contributed by atoms with Crippen LogP contribution in [0.5, 0.6) is 0 Å². The van der Waals surface area contributed by atoms with Crippen LogP contribution in [0.15, 0.2) is 0 Å². The summed E-state index contributed by atoms with van der Waals surface area (Å²) in [6, 6.07) is -0.172. The quantitative estimate of drug-likeness (QED) is 0.599. The van der Waals surface area contributed by atoms with Crippen LogP contribution in [0.4, 0.5) is 0 Å². The number of rotatable bonds is 5. The first-order chi connectivity index (χ1) is 5.20. The van der Waals surface area contributed by atoms with Crippen LogP contribution in [0.25, 0.3) is 0 Å². The third-order valence-electron chi connectivity index (χ3n) is 2.13. The number of carbonyl (C=O) groups excluding carboxylic acids is 1. The van der Waals surface area contributed by atoms with E-state index in [1.165, 1.54) is 19.3 Å². The zero-order valence-electron chi connectivity index (χ0n) is 6.97. The minimum absolute atomic E-state index is 0.172. The molecule has 1 rings (SSSR count). The van der Waals surface area contributed by atoms with Gasteiger partial charge in [0.15, 0.2) is 0 Å². The minimum Gasteiger partial charge on any atom is -0.368 e. The van der Waals surface area contributed by atoms with Crippen molar-refractivity contribution >= 4 is 5.91 Å². The minimum atomic E-state index is -0.263. The molecule has 1 amide bonds. The van der Waals surface area contributed by atoms with Gasteiger partial charge in [0.1, 0.15) is 0 Å². The highest BCUT2D eigenvalue weighted by molar-refractivity contribution is 5.79. The fourth-order valence-electron chi connectivity index (χ4n) is 1.01. The van der Waals surface area contributed by atoms with Crippen molar-refractivity contribution in [1.82, 2.24) is 5.32 Å². The lowest BCUT2D eigenvalue weighted by Gasteiger charge is -2.08. The molecule has 3 nitrogen and oxygen atoms in total. The van der Waals surface area contributed by atoms with Crippen LogP contribution in [0.1, 0.15) is 26.2 Å². The molecule has 1 saturated carbocycles. The molecular formula is C8H16N2O. The molecule has 0 saturated heterocycles. The van der Waals surface area contributed by atoms with Crippen molar-refractivity contribution in [3.63, 3.8) is 0 Å². The van der Waals surface area contributed by atoms with Crippen molar-refractivity contribution in [2.75, 3.05) is 6.54 Å². The van der Waals surface area contributed by atoms with Crippen LogP contribution in [0.3, 0.4) is 0 Å². The van der Waals surface area contributed by atoms with E-state index in [4.69, 9.17) is 5.73 Å². The molecule has 64 valence electrons. The van der Waals surface area contributed by atoms with Crippen molar-refractivity contribution < 1.29 is 4.79 Å². The number of nitrogens with two attached hydrogens (primary N) is 1. The Bertz CT molecular complexity index is 143.